The van der Waals surface area contributed by atoms with Gasteiger partial charge in [-0.25, -0.2) is 4.79 Å². The molecule has 0 amide bonds. The predicted molar refractivity (Wildman–Crippen MR) is 121 cm³/mol. The summed E-state index contributed by atoms with van der Waals surface area (Å²) in [6.07, 6.45) is 2.76. The molecule has 0 aromatic heterocycles. The Morgan fingerprint density at radius 2 is 1.57 bits per heavy atom. The van der Waals surface area contributed by atoms with E-state index in [4.69, 9.17) is 4.43 Å². The van der Waals surface area contributed by atoms with Gasteiger partial charge in [0.1, 0.15) is 6.29 Å². The summed E-state index contributed by atoms with van der Waals surface area (Å²) in [4.78, 5) is 22.8. The van der Waals surface area contributed by atoms with Crippen molar-refractivity contribution in [2.75, 3.05) is 0 Å². The van der Waals surface area contributed by atoms with Crippen molar-refractivity contribution in [3.8, 4) is 0 Å². The minimum absolute atomic E-state index is 0.0958. The monoisotopic (exact) mass is 418 g/mol. The first-order chi connectivity index (χ1) is 14.6. The van der Waals surface area contributed by atoms with Gasteiger partial charge < -0.3 is 9.53 Å². The second-order valence-corrected chi connectivity index (χ2v) is 10.9. The highest BCUT2D eigenvalue weighted by molar-refractivity contribution is 6.97. The SMILES string of the molecule is CCCC[Si](OCc1cc(C=O)cc(C(=O)O)c1)(c1ccccc1)c1ccccc1. The lowest BCUT2D eigenvalue weighted by molar-refractivity contribution is 0.0696. The van der Waals surface area contributed by atoms with Gasteiger partial charge >= 0.3 is 5.97 Å². The number of carboxylic acids is 1. The van der Waals surface area contributed by atoms with E-state index in [1.54, 1.807) is 12.1 Å². The average Bonchev–Trinajstić information content (AvgIpc) is 2.80. The highest BCUT2D eigenvalue weighted by Crippen LogP contribution is 2.20. The first-order valence-electron chi connectivity index (χ1n) is 10.2. The molecule has 0 aliphatic carbocycles. The third-order valence-electron chi connectivity index (χ3n) is 5.25. The fraction of sp³-hybridized carbons (Fsp3) is 0.200. The quantitative estimate of drug-likeness (QED) is 0.394. The minimum Gasteiger partial charge on any atom is -0.478 e. The molecule has 0 aliphatic rings. The van der Waals surface area contributed by atoms with Crippen LogP contribution >= 0.6 is 0 Å². The number of rotatable bonds is 10. The van der Waals surface area contributed by atoms with E-state index in [2.05, 4.69) is 31.2 Å². The van der Waals surface area contributed by atoms with Crippen molar-refractivity contribution in [3.05, 3.63) is 95.6 Å². The van der Waals surface area contributed by atoms with Crippen molar-refractivity contribution in [2.45, 2.75) is 32.4 Å². The van der Waals surface area contributed by atoms with Gasteiger partial charge in [0.05, 0.1) is 12.2 Å². The van der Waals surface area contributed by atoms with Gasteiger partial charge in [-0.2, -0.15) is 0 Å². The summed E-state index contributed by atoms with van der Waals surface area (Å²) >= 11 is 0. The Morgan fingerprint density at radius 3 is 2.07 bits per heavy atom. The van der Waals surface area contributed by atoms with Gasteiger partial charge in [0.15, 0.2) is 0 Å². The summed E-state index contributed by atoms with van der Waals surface area (Å²) in [5.41, 5.74) is 1.13. The van der Waals surface area contributed by atoms with E-state index < -0.39 is 14.3 Å². The largest absolute Gasteiger partial charge is 0.478 e. The molecule has 3 rings (SSSR count). The number of carbonyl (C=O) groups excluding carboxylic acids is 1. The van der Waals surface area contributed by atoms with Gasteiger partial charge in [0, 0.05) is 5.56 Å². The van der Waals surface area contributed by atoms with Crippen molar-refractivity contribution < 1.29 is 19.1 Å². The average molecular weight is 419 g/mol. The third-order valence-corrected chi connectivity index (χ3v) is 9.47. The van der Waals surface area contributed by atoms with E-state index in [0.29, 0.717) is 17.4 Å². The second-order valence-electron chi connectivity index (χ2n) is 7.34. The molecule has 30 heavy (non-hydrogen) atoms. The first kappa shape index (κ1) is 21.7. The molecule has 0 unspecified atom stereocenters. The maximum absolute atomic E-state index is 11.5. The highest BCUT2D eigenvalue weighted by Gasteiger charge is 2.39. The lowest BCUT2D eigenvalue weighted by Crippen LogP contribution is -2.60. The van der Waals surface area contributed by atoms with Gasteiger partial charge in [-0.1, -0.05) is 80.4 Å². The first-order valence-corrected chi connectivity index (χ1v) is 12.3. The van der Waals surface area contributed by atoms with Crippen molar-refractivity contribution in [3.63, 3.8) is 0 Å². The van der Waals surface area contributed by atoms with Gasteiger partial charge in [-0.15, -0.1) is 0 Å². The fourth-order valence-electron chi connectivity index (χ4n) is 3.73. The Hall–Kier alpha value is -3.02. The van der Waals surface area contributed by atoms with E-state index in [-0.39, 0.29) is 12.2 Å². The number of carbonyl (C=O) groups is 2. The topological polar surface area (TPSA) is 63.6 Å². The maximum atomic E-state index is 11.5. The Balaban J connectivity index is 2.04. The lowest BCUT2D eigenvalue weighted by atomic mass is 10.1. The van der Waals surface area contributed by atoms with E-state index >= 15 is 0 Å². The zero-order chi connectivity index (χ0) is 21.4. The van der Waals surface area contributed by atoms with Crippen LogP contribution in [0, 0.1) is 0 Å². The second kappa shape index (κ2) is 10.1. The predicted octanol–water partition coefficient (Wildman–Crippen LogP) is 4.27. The summed E-state index contributed by atoms with van der Waals surface area (Å²) in [6, 6.07) is 26.2. The smallest absolute Gasteiger partial charge is 0.335 e. The number of aldehydes is 1. The van der Waals surface area contributed by atoms with Crippen molar-refractivity contribution in [1.29, 1.82) is 0 Å². The summed E-state index contributed by atoms with van der Waals surface area (Å²) in [6.45, 7) is 2.42. The number of unbranched alkanes of at least 4 members (excludes halogenated alkanes) is 1. The Labute approximate surface area is 178 Å². The van der Waals surface area contributed by atoms with Gasteiger partial charge in [-0.05, 0) is 40.2 Å². The Bertz CT molecular complexity index is 947. The van der Waals surface area contributed by atoms with Crippen LogP contribution in [0.4, 0.5) is 0 Å². The van der Waals surface area contributed by atoms with Crippen LogP contribution in [0.1, 0.15) is 46.0 Å². The molecule has 3 aromatic carbocycles. The molecule has 5 heteroatoms. The molecule has 0 spiro atoms. The van der Waals surface area contributed by atoms with Crippen molar-refractivity contribution >= 4 is 30.9 Å². The molecular formula is C25H26O4Si. The van der Waals surface area contributed by atoms with E-state index in [1.807, 2.05) is 36.4 Å². The Kier molecular flexibility index (Phi) is 7.33. The zero-order valence-electron chi connectivity index (χ0n) is 17.1. The van der Waals surface area contributed by atoms with E-state index in [0.717, 1.165) is 18.9 Å². The Morgan fingerprint density at radius 1 is 0.967 bits per heavy atom. The molecule has 0 saturated heterocycles. The van der Waals surface area contributed by atoms with Crippen LogP contribution < -0.4 is 10.4 Å². The van der Waals surface area contributed by atoms with Crippen LogP contribution in [0.3, 0.4) is 0 Å². The molecule has 3 aromatic rings. The molecule has 0 aliphatic heterocycles. The van der Waals surface area contributed by atoms with Crippen LogP contribution in [0.15, 0.2) is 78.9 Å². The molecule has 0 saturated carbocycles. The molecule has 0 fully saturated rings. The molecule has 1 N–H and O–H groups in total. The number of benzene rings is 3. The summed E-state index contributed by atoms with van der Waals surface area (Å²) < 4.78 is 6.75. The number of hydrogen-bond acceptors (Lipinski definition) is 3. The summed E-state index contributed by atoms with van der Waals surface area (Å²) in [5, 5.41) is 11.8. The number of hydrogen-bond donors (Lipinski definition) is 1. The summed E-state index contributed by atoms with van der Waals surface area (Å²) in [5.74, 6) is -1.06. The van der Waals surface area contributed by atoms with Gasteiger partial charge in [0.2, 0.25) is 0 Å². The zero-order valence-corrected chi connectivity index (χ0v) is 18.1. The summed E-state index contributed by atoms with van der Waals surface area (Å²) in [7, 11) is -2.56. The lowest BCUT2D eigenvalue weighted by Gasteiger charge is -2.33. The standard InChI is InChI=1S/C25H26O4Si/c1-2-3-14-30(23-10-6-4-7-11-23,24-12-8-5-9-13-24)29-19-21-15-20(18-26)16-22(17-21)25(27)28/h4-13,15-18H,2-3,14,19H2,1H3,(H,27,28). The number of aromatic carboxylic acids is 1. The fourth-order valence-corrected chi connectivity index (χ4v) is 7.85. The molecule has 154 valence electrons. The highest BCUT2D eigenvalue weighted by atomic mass is 28.4. The third kappa shape index (κ3) is 4.93. The molecule has 0 radical (unpaired) electrons. The van der Waals surface area contributed by atoms with Crippen LogP contribution in [0.2, 0.25) is 6.04 Å². The molecule has 0 bridgehead atoms. The van der Waals surface area contributed by atoms with Crippen LogP contribution in [0.25, 0.3) is 0 Å². The number of carboxylic acid groups (broad SMARTS) is 1. The van der Waals surface area contributed by atoms with Crippen molar-refractivity contribution in [1.82, 2.24) is 0 Å². The molecule has 0 heterocycles. The normalized spacial score (nSPS) is 11.2. The van der Waals surface area contributed by atoms with Crippen LogP contribution in [0.5, 0.6) is 0 Å². The van der Waals surface area contributed by atoms with Gasteiger partial charge in [0.25, 0.3) is 8.32 Å². The molecule has 0 atom stereocenters. The maximum Gasteiger partial charge on any atom is 0.335 e. The minimum atomic E-state index is -2.56. The van der Waals surface area contributed by atoms with E-state index in [1.165, 1.54) is 16.4 Å². The molecular weight excluding hydrogens is 392 g/mol. The van der Waals surface area contributed by atoms with Gasteiger partial charge in [-0.3, -0.25) is 4.79 Å². The van der Waals surface area contributed by atoms with Crippen LogP contribution in [-0.2, 0) is 11.0 Å². The molecule has 4 nitrogen and oxygen atoms in total. The van der Waals surface area contributed by atoms with Crippen LogP contribution in [-0.4, -0.2) is 25.7 Å². The van der Waals surface area contributed by atoms with E-state index in [9.17, 15) is 14.7 Å². The van der Waals surface area contributed by atoms with Crippen molar-refractivity contribution in [2.24, 2.45) is 0 Å².